The predicted molar refractivity (Wildman–Crippen MR) is 86.6 cm³/mol. The highest BCUT2D eigenvalue weighted by Crippen LogP contribution is 2.24. The van der Waals surface area contributed by atoms with Crippen LogP contribution in [0.5, 0.6) is 0 Å². The summed E-state index contributed by atoms with van der Waals surface area (Å²) in [6.07, 6.45) is 0.390. The summed E-state index contributed by atoms with van der Waals surface area (Å²) in [4.78, 5) is 23.0. The van der Waals surface area contributed by atoms with Gasteiger partial charge in [0.05, 0.1) is 0 Å². The van der Waals surface area contributed by atoms with Crippen molar-refractivity contribution in [3.8, 4) is 0 Å². The van der Waals surface area contributed by atoms with Gasteiger partial charge in [-0.05, 0) is 49.4 Å². The van der Waals surface area contributed by atoms with Crippen molar-refractivity contribution in [3.63, 3.8) is 0 Å². The summed E-state index contributed by atoms with van der Waals surface area (Å²) in [7, 11) is 0. The summed E-state index contributed by atoms with van der Waals surface area (Å²) in [6, 6.07) is 2.26. The zero-order valence-corrected chi connectivity index (χ0v) is 14.2. The number of urea groups is 1. The fraction of sp³-hybridized carbons (Fsp3) is 0.467. The van der Waals surface area contributed by atoms with E-state index in [-0.39, 0.29) is 5.92 Å². The maximum atomic E-state index is 11.9. The van der Waals surface area contributed by atoms with Crippen molar-refractivity contribution in [2.24, 2.45) is 5.92 Å². The minimum absolute atomic E-state index is 0.184. The van der Waals surface area contributed by atoms with Crippen molar-refractivity contribution in [3.05, 3.63) is 27.7 Å². The van der Waals surface area contributed by atoms with E-state index >= 15 is 0 Å². The lowest BCUT2D eigenvalue weighted by Crippen LogP contribution is -2.43. The lowest BCUT2D eigenvalue weighted by atomic mass is 10.0. The van der Waals surface area contributed by atoms with Gasteiger partial charge in [-0.25, -0.2) is 9.59 Å². The summed E-state index contributed by atoms with van der Waals surface area (Å²) in [5, 5.41) is 14.3. The van der Waals surface area contributed by atoms with Gasteiger partial charge in [-0.1, -0.05) is 29.8 Å². The molecular weight excluding hydrogens is 336 g/mol. The maximum Gasteiger partial charge on any atom is 0.326 e. The SMILES string of the molecule is Cc1cc(NC(=O)NC(CC(C)C)C(=O)O)cc(C)c1Br. The number of halogens is 1. The van der Waals surface area contributed by atoms with Crippen LogP contribution in [0.25, 0.3) is 0 Å². The highest BCUT2D eigenvalue weighted by Gasteiger charge is 2.21. The third-order valence-corrected chi connectivity index (χ3v) is 4.26. The molecule has 0 aliphatic heterocycles. The third-order valence-electron chi connectivity index (χ3n) is 3.00. The van der Waals surface area contributed by atoms with E-state index in [1.807, 2.05) is 39.8 Å². The van der Waals surface area contributed by atoms with Crippen LogP contribution in [0.4, 0.5) is 10.5 Å². The van der Waals surface area contributed by atoms with Gasteiger partial charge in [-0.2, -0.15) is 0 Å². The number of carboxylic acid groups (broad SMARTS) is 1. The topological polar surface area (TPSA) is 78.4 Å². The number of hydrogen-bond acceptors (Lipinski definition) is 2. The quantitative estimate of drug-likeness (QED) is 0.752. The number of nitrogens with one attached hydrogen (secondary N) is 2. The Kier molecular flexibility index (Phi) is 6.20. The molecular formula is C15H21BrN2O3. The summed E-state index contributed by atoms with van der Waals surface area (Å²) in [5.41, 5.74) is 2.64. The molecule has 0 spiro atoms. The number of benzene rings is 1. The molecule has 21 heavy (non-hydrogen) atoms. The Hall–Kier alpha value is -1.56. The second kappa shape index (κ2) is 7.45. The molecule has 0 fully saturated rings. The second-order valence-corrected chi connectivity index (χ2v) is 6.34. The summed E-state index contributed by atoms with van der Waals surface area (Å²) in [6.45, 7) is 7.69. The first kappa shape index (κ1) is 17.5. The lowest BCUT2D eigenvalue weighted by molar-refractivity contribution is -0.139. The van der Waals surface area contributed by atoms with Crippen LogP contribution in [0, 0.1) is 19.8 Å². The standard InChI is InChI=1S/C15H21BrN2O3/c1-8(2)5-12(14(19)20)18-15(21)17-11-6-9(3)13(16)10(4)7-11/h6-8,12H,5H2,1-4H3,(H,19,20)(H2,17,18,21). The van der Waals surface area contributed by atoms with E-state index in [1.54, 1.807) is 0 Å². The molecule has 1 atom stereocenters. The maximum absolute atomic E-state index is 11.9. The van der Waals surface area contributed by atoms with Crippen LogP contribution in [-0.4, -0.2) is 23.1 Å². The summed E-state index contributed by atoms with van der Waals surface area (Å²) in [5.74, 6) is -0.842. The molecule has 0 aliphatic rings. The van der Waals surface area contributed by atoms with E-state index in [9.17, 15) is 9.59 Å². The van der Waals surface area contributed by atoms with Gasteiger partial charge in [0, 0.05) is 10.2 Å². The average molecular weight is 357 g/mol. The van der Waals surface area contributed by atoms with Gasteiger partial charge in [0.1, 0.15) is 6.04 Å². The highest BCUT2D eigenvalue weighted by molar-refractivity contribution is 9.10. The fourth-order valence-electron chi connectivity index (χ4n) is 2.04. The third kappa shape index (κ3) is 5.38. The van der Waals surface area contributed by atoms with Crippen molar-refractivity contribution in [1.82, 2.24) is 5.32 Å². The molecule has 0 radical (unpaired) electrons. The molecule has 1 aromatic rings. The van der Waals surface area contributed by atoms with Crippen molar-refractivity contribution in [1.29, 1.82) is 0 Å². The van der Waals surface area contributed by atoms with Crippen LogP contribution in [0.1, 0.15) is 31.4 Å². The number of carbonyl (C=O) groups excluding carboxylic acids is 1. The minimum Gasteiger partial charge on any atom is -0.480 e. The number of aryl methyl sites for hydroxylation is 2. The minimum atomic E-state index is -1.03. The molecule has 0 bridgehead atoms. The molecule has 0 aliphatic carbocycles. The number of carbonyl (C=O) groups is 2. The molecule has 1 unspecified atom stereocenters. The van der Waals surface area contributed by atoms with Gasteiger partial charge in [0.15, 0.2) is 0 Å². The summed E-state index contributed by atoms with van der Waals surface area (Å²) >= 11 is 3.46. The van der Waals surface area contributed by atoms with Crippen LogP contribution < -0.4 is 10.6 Å². The first-order chi connectivity index (χ1) is 9.70. The van der Waals surface area contributed by atoms with Crippen molar-refractivity contribution < 1.29 is 14.7 Å². The summed E-state index contributed by atoms with van der Waals surface area (Å²) < 4.78 is 0.997. The van der Waals surface area contributed by atoms with Gasteiger partial charge < -0.3 is 15.7 Å². The Morgan fingerprint density at radius 1 is 1.24 bits per heavy atom. The number of amides is 2. The molecule has 0 aromatic heterocycles. The monoisotopic (exact) mass is 356 g/mol. The fourth-order valence-corrected chi connectivity index (χ4v) is 2.27. The van der Waals surface area contributed by atoms with Crippen molar-refractivity contribution >= 4 is 33.6 Å². The zero-order valence-electron chi connectivity index (χ0n) is 12.7. The molecule has 6 heteroatoms. The largest absolute Gasteiger partial charge is 0.480 e. The van der Waals surface area contributed by atoms with Crippen molar-refractivity contribution in [2.45, 2.75) is 40.2 Å². The first-order valence-corrected chi connectivity index (χ1v) is 7.57. The number of aliphatic carboxylic acids is 1. The van der Waals surface area contributed by atoms with E-state index in [1.165, 1.54) is 0 Å². The Morgan fingerprint density at radius 2 is 1.76 bits per heavy atom. The molecule has 2 amide bonds. The Balaban J connectivity index is 2.74. The van der Waals surface area contributed by atoms with Gasteiger partial charge in [-0.3, -0.25) is 0 Å². The molecule has 1 rings (SSSR count). The number of rotatable bonds is 5. The lowest BCUT2D eigenvalue weighted by Gasteiger charge is -2.17. The van der Waals surface area contributed by atoms with Crippen LogP contribution >= 0.6 is 15.9 Å². The number of carboxylic acids is 1. The molecule has 0 heterocycles. The number of hydrogen-bond donors (Lipinski definition) is 3. The van der Waals surface area contributed by atoms with Gasteiger partial charge in [0.25, 0.3) is 0 Å². The molecule has 116 valence electrons. The first-order valence-electron chi connectivity index (χ1n) is 6.77. The zero-order chi connectivity index (χ0) is 16.2. The van der Waals surface area contributed by atoms with Crippen LogP contribution in [0.3, 0.4) is 0 Å². The molecule has 0 saturated carbocycles. The van der Waals surface area contributed by atoms with Crippen LogP contribution in [0.2, 0.25) is 0 Å². The number of anilines is 1. The van der Waals surface area contributed by atoms with Crippen molar-refractivity contribution in [2.75, 3.05) is 5.32 Å². The van der Waals surface area contributed by atoms with Gasteiger partial charge >= 0.3 is 12.0 Å². The second-order valence-electron chi connectivity index (χ2n) is 5.54. The predicted octanol–water partition coefficient (Wildman–Crippen LogP) is 3.69. The molecule has 0 saturated heterocycles. The van der Waals surface area contributed by atoms with Gasteiger partial charge in [0.2, 0.25) is 0 Å². The average Bonchev–Trinajstić information content (AvgIpc) is 2.34. The normalized spacial score (nSPS) is 12.1. The van der Waals surface area contributed by atoms with E-state index < -0.39 is 18.0 Å². The molecule has 1 aromatic carbocycles. The van der Waals surface area contributed by atoms with Crippen LogP contribution in [0.15, 0.2) is 16.6 Å². The molecule has 3 N–H and O–H groups in total. The smallest absolute Gasteiger partial charge is 0.326 e. The van der Waals surface area contributed by atoms with Gasteiger partial charge in [-0.15, -0.1) is 0 Å². The van der Waals surface area contributed by atoms with E-state index in [0.717, 1.165) is 15.6 Å². The Labute approximate surface area is 133 Å². The Bertz CT molecular complexity index is 521. The van der Waals surface area contributed by atoms with E-state index in [4.69, 9.17) is 5.11 Å². The highest BCUT2D eigenvalue weighted by atomic mass is 79.9. The van der Waals surface area contributed by atoms with E-state index in [0.29, 0.717) is 12.1 Å². The van der Waals surface area contributed by atoms with Crippen LogP contribution in [-0.2, 0) is 4.79 Å². The molecule has 5 nitrogen and oxygen atoms in total. The van der Waals surface area contributed by atoms with E-state index in [2.05, 4.69) is 26.6 Å². The Morgan fingerprint density at radius 3 is 2.19 bits per heavy atom.